The predicted octanol–water partition coefficient (Wildman–Crippen LogP) is 3.57. The zero-order valence-electron chi connectivity index (χ0n) is 12.0. The van der Waals surface area contributed by atoms with E-state index in [0.717, 1.165) is 32.2 Å². The highest BCUT2D eigenvalue weighted by atomic mass is 16.6. The van der Waals surface area contributed by atoms with Gasteiger partial charge in [-0.25, -0.2) is 0 Å². The Morgan fingerprint density at radius 2 is 2.15 bits per heavy atom. The highest BCUT2D eigenvalue weighted by Gasteiger charge is 2.32. The summed E-state index contributed by atoms with van der Waals surface area (Å²) in [5.74, 6) is -0.147. The van der Waals surface area contributed by atoms with E-state index in [0.29, 0.717) is 17.3 Å². The number of nitro benzene ring substituents is 1. The van der Waals surface area contributed by atoms with Gasteiger partial charge in [0.2, 0.25) is 0 Å². The molecule has 1 fully saturated rings. The largest absolute Gasteiger partial charge is 0.363 e. The lowest BCUT2D eigenvalue weighted by Gasteiger charge is -2.24. The van der Waals surface area contributed by atoms with Crippen LogP contribution in [0.4, 0.5) is 11.4 Å². The average molecular weight is 276 g/mol. The van der Waals surface area contributed by atoms with E-state index in [1.54, 1.807) is 12.1 Å². The Morgan fingerprint density at radius 1 is 1.45 bits per heavy atom. The van der Waals surface area contributed by atoms with Crippen molar-refractivity contribution in [3.05, 3.63) is 33.9 Å². The number of unbranched alkanes of at least 4 members (excludes halogenated alkanes) is 1. The van der Waals surface area contributed by atoms with Gasteiger partial charge in [0.1, 0.15) is 5.69 Å². The number of hydrogen-bond donors (Lipinski definition) is 0. The number of hydrogen-bond acceptors (Lipinski definition) is 4. The lowest BCUT2D eigenvalue weighted by atomic mass is 10.1. The quantitative estimate of drug-likeness (QED) is 0.434. The van der Waals surface area contributed by atoms with Crippen molar-refractivity contribution in [3.63, 3.8) is 0 Å². The van der Waals surface area contributed by atoms with Gasteiger partial charge in [-0.2, -0.15) is 0 Å². The van der Waals surface area contributed by atoms with Gasteiger partial charge >= 0.3 is 0 Å². The molecule has 0 aromatic heterocycles. The average Bonchev–Trinajstić information content (AvgIpc) is 3.23. The predicted molar refractivity (Wildman–Crippen MR) is 78.4 cm³/mol. The van der Waals surface area contributed by atoms with Crippen LogP contribution in [-0.2, 0) is 0 Å². The summed E-state index contributed by atoms with van der Waals surface area (Å²) in [6.45, 7) is 4.37. The van der Waals surface area contributed by atoms with Gasteiger partial charge in [0, 0.05) is 24.2 Å². The summed E-state index contributed by atoms with van der Waals surface area (Å²) in [7, 11) is 0. The molecule has 0 heterocycles. The first-order valence-corrected chi connectivity index (χ1v) is 7.10. The van der Waals surface area contributed by atoms with Crippen LogP contribution in [0.1, 0.15) is 49.9 Å². The van der Waals surface area contributed by atoms with Crippen molar-refractivity contribution in [3.8, 4) is 0 Å². The van der Waals surface area contributed by atoms with Gasteiger partial charge in [0.15, 0.2) is 5.78 Å². The van der Waals surface area contributed by atoms with Gasteiger partial charge in [0.05, 0.1) is 4.92 Å². The van der Waals surface area contributed by atoms with Crippen LogP contribution < -0.4 is 4.90 Å². The van der Waals surface area contributed by atoms with Crippen molar-refractivity contribution in [2.24, 2.45) is 0 Å². The van der Waals surface area contributed by atoms with Crippen molar-refractivity contribution in [2.45, 2.75) is 45.6 Å². The van der Waals surface area contributed by atoms with E-state index < -0.39 is 0 Å². The van der Waals surface area contributed by atoms with Crippen molar-refractivity contribution in [1.29, 1.82) is 0 Å². The van der Waals surface area contributed by atoms with Gasteiger partial charge < -0.3 is 4.90 Å². The Morgan fingerprint density at radius 3 is 2.65 bits per heavy atom. The second kappa shape index (κ2) is 6.03. The molecule has 108 valence electrons. The van der Waals surface area contributed by atoms with E-state index >= 15 is 0 Å². The summed E-state index contributed by atoms with van der Waals surface area (Å²) in [5, 5.41) is 11.3. The molecule has 0 bridgehead atoms. The van der Waals surface area contributed by atoms with Crippen LogP contribution in [0.15, 0.2) is 18.2 Å². The van der Waals surface area contributed by atoms with Gasteiger partial charge in [-0.3, -0.25) is 14.9 Å². The molecule has 0 aliphatic heterocycles. The third-order valence-corrected chi connectivity index (χ3v) is 3.63. The van der Waals surface area contributed by atoms with E-state index in [1.807, 2.05) is 0 Å². The summed E-state index contributed by atoms with van der Waals surface area (Å²) in [6, 6.07) is 5.23. The fraction of sp³-hybridized carbons (Fsp3) is 0.533. The summed E-state index contributed by atoms with van der Waals surface area (Å²) < 4.78 is 0. The molecule has 0 radical (unpaired) electrons. The topological polar surface area (TPSA) is 63.5 Å². The van der Waals surface area contributed by atoms with E-state index in [-0.39, 0.29) is 16.4 Å². The Labute approximate surface area is 118 Å². The molecule has 1 aliphatic rings. The van der Waals surface area contributed by atoms with E-state index in [2.05, 4.69) is 11.8 Å². The molecule has 1 saturated carbocycles. The number of carbonyl (C=O) groups is 1. The minimum Gasteiger partial charge on any atom is -0.363 e. The SMILES string of the molecule is CCCCN(c1ccc(C(C)=O)cc1[N+](=O)[O-])C1CC1. The number of carbonyl (C=O) groups excluding carboxylic acids is 1. The third-order valence-electron chi connectivity index (χ3n) is 3.63. The maximum absolute atomic E-state index is 11.4. The molecular formula is C15H20N2O3. The maximum atomic E-state index is 11.4. The van der Waals surface area contributed by atoms with Crippen LogP contribution in [0, 0.1) is 10.1 Å². The molecule has 20 heavy (non-hydrogen) atoms. The molecule has 5 nitrogen and oxygen atoms in total. The van der Waals surface area contributed by atoms with Crippen LogP contribution in [0.3, 0.4) is 0 Å². The minimum atomic E-state index is -0.386. The smallest absolute Gasteiger partial charge is 0.293 e. The highest BCUT2D eigenvalue weighted by molar-refractivity contribution is 5.95. The molecule has 0 unspecified atom stereocenters. The number of benzene rings is 1. The minimum absolute atomic E-state index is 0.0423. The van der Waals surface area contributed by atoms with Gasteiger partial charge in [-0.05, 0) is 38.3 Å². The third kappa shape index (κ3) is 3.15. The highest BCUT2D eigenvalue weighted by Crippen LogP contribution is 2.37. The zero-order chi connectivity index (χ0) is 14.7. The fourth-order valence-corrected chi connectivity index (χ4v) is 2.35. The summed E-state index contributed by atoms with van der Waals surface area (Å²) in [4.78, 5) is 24.4. The number of ketones is 1. The van der Waals surface area contributed by atoms with Gasteiger partial charge in [-0.15, -0.1) is 0 Å². The normalized spacial score (nSPS) is 14.1. The Balaban J connectivity index is 2.37. The molecule has 0 saturated heterocycles. The van der Waals surface area contributed by atoms with Crippen molar-refractivity contribution >= 4 is 17.2 Å². The van der Waals surface area contributed by atoms with E-state index in [1.165, 1.54) is 13.0 Å². The monoisotopic (exact) mass is 276 g/mol. The second-order valence-electron chi connectivity index (χ2n) is 5.29. The molecule has 1 aliphatic carbocycles. The van der Waals surface area contributed by atoms with Crippen LogP contribution in [-0.4, -0.2) is 23.3 Å². The molecule has 0 amide bonds. The molecule has 5 heteroatoms. The lowest BCUT2D eigenvalue weighted by molar-refractivity contribution is -0.384. The van der Waals surface area contributed by atoms with Crippen molar-refractivity contribution < 1.29 is 9.72 Å². The number of rotatable bonds is 7. The van der Waals surface area contributed by atoms with Crippen LogP contribution in [0.25, 0.3) is 0 Å². The maximum Gasteiger partial charge on any atom is 0.293 e. The summed E-state index contributed by atoms with van der Waals surface area (Å²) in [5.41, 5.74) is 1.09. The van der Waals surface area contributed by atoms with Gasteiger partial charge in [-0.1, -0.05) is 13.3 Å². The number of Topliss-reactive ketones (excluding diaryl/α,β-unsaturated/α-hetero) is 1. The molecule has 0 spiro atoms. The van der Waals surface area contributed by atoms with Gasteiger partial charge in [0.25, 0.3) is 5.69 Å². The Hall–Kier alpha value is -1.91. The molecule has 2 rings (SSSR count). The second-order valence-corrected chi connectivity index (χ2v) is 5.29. The standard InChI is InChI=1S/C15H20N2O3/c1-3-4-9-16(13-6-7-13)14-8-5-12(11(2)18)10-15(14)17(19)20/h5,8,10,13H,3-4,6-7,9H2,1-2H3. The first-order valence-electron chi connectivity index (χ1n) is 7.10. The van der Waals surface area contributed by atoms with E-state index in [9.17, 15) is 14.9 Å². The Kier molecular flexibility index (Phi) is 4.37. The molecule has 1 aromatic carbocycles. The number of nitro groups is 1. The molecule has 0 atom stereocenters. The van der Waals surface area contributed by atoms with Crippen molar-refractivity contribution in [1.82, 2.24) is 0 Å². The van der Waals surface area contributed by atoms with Crippen LogP contribution in [0.2, 0.25) is 0 Å². The number of anilines is 1. The first kappa shape index (κ1) is 14.5. The van der Waals surface area contributed by atoms with Crippen molar-refractivity contribution in [2.75, 3.05) is 11.4 Å². The lowest BCUT2D eigenvalue weighted by Crippen LogP contribution is -2.27. The fourth-order valence-electron chi connectivity index (χ4n) is 2.35. The van der Waals surface area contributed by atoms with Crippen LogP contribution >= 0.6 is 0 Å². The molecule has 0 N–H and O–H groups in total. The van der Waals surface area contributed by atoms with Crippen LogP contribution in [0.5, 0.6) is 0 Å². The number of nitrogens with zero attached hydrogens (tertiary/aromatic N) is 2. The summed E-state index contributed by atoms with van der Waals surface area (Å²) in [6.07, 6.45) is 4.26. The molecular weight excluding hydrogens is 256 g/mol. The first-order chi connectivity index (χ1) is 9.54. The Bertz CT molecular complexity index is 524. The molecule has 1 aromatic rings. The van der Waals surface area contributed by atoms with E-state index in [4.69, 9.17) is 0 Å². The zero-order valence-corrected chi connectivity index (χ0v) is 12.0. The summed E-state index contributed by atoms with van der Waals surface area (Å²) >= 11 is 0.